The Hall–Kier alpha value is -3.29. The number of nitrogens with zero attached hydrogens (tertiary/aromatic N) is 2. The third-order valence-corrected chi connectivity index (χ3v) is 3.59. The summed E-state index contributed by atoms with van der Waals surface area (Å²) in [6.45, 7) is -0.0132. The summed E-state index contributed by atoms with van der Waals surface area (Å²) in [5.74, 6) is -2.98. The molecule has 1 amide bonds. The maximum absolute atomic E-state index is 13.5. The highest BCUT2D eigenvalue weighted by atomic mass is 19.1. The zero-order valence-electron chi connectivity index (χ0n) is 13.6. The normalized spacial score (nSPS) is 10.7. The van der Waals surface area contributed by atoms with Gasteiger partial charge in [0.2, 0.25) is 0 Å². The van der Waals surface area contributed by atoms with Crippen molar-refractivity contribution in [3.63, 3.8) is 0 Å². The third kappa shape index (κ3) is 4.21. The van der Waals surface area contributed by atoms with Gasteiger partial charge in [0.1, 0.15) is 23.9 Å². The number of esters is 1. The molecule has 0 aliphatic heterocycles. The van der Waals surface area contributed by atoms with Crippen molar-refractivity contribution in [1.29, 1.82) is 0 Å². The number of fused-ring (bicyclic) bond motifs is 1. The molecule has 8 heteroatoms. The fourth-order valence-corrected chi connectivity index (χ4v) is 2.33. The molecule has 3 rings (SSSR count). The van der Waals surface area contributed by atoms with Crippen LogP contribution in [0.25, 0.3) is 5.65 Å². The maximum Gasteiger partial charge on any atom is 0.307 e. The van der Waals surface area contributed by atoms with Crippen molar-refractivity contribution < 1.29 is 23.1 Å². The van der Waals surface area contributed by atoms with Gasteiger partial charge in [0.25, 0.3) is 5.91 Å². The molecule has 0 atom stereocenters. The Balaban J connectivity index is 1.44. The van der Waals surface area contributed by atoms with E-state index in [1.165, 1.54) is 0 Å². The Kier molecular flexibility index (Phi) is 5.21. The number of aromatic nitrogens is 2. The van der Waals surface area contributed by atoms with Gasteiger partial charge in [-0.1, -0.05) is 6.07 Å². The van der Waals surface area contributed by atoms with Crippen LogP contribution in [-0.2, 0) is 16.1 Å². The molecule has 0 fully saturated rings. The van der Waals surface area contributed by atoms with Gasteiger partial charge in [-0.15, -0.1) is 0 Å². The van der Waals surface area contributed by atoms with Gasteiger partial charge in [0, 0.05) is 25.0 Å². The monoisotopic (exact) mass is 359 g/mol. The van der Waals surface area contributed by atoms with Crippen LogP contribution in [0.1, 0.15) is 22.5 Å². The summed E-state index contributed by atoms with van der Waals surface area (Å²) in [4.78, 5) is 27.8. The predicted octanol–water partition coefficient (Wildman–Crippen LogP) is 2.48. The highest BCUT2D eigenvalue weighted by Gasteiger charge is 2.13. The highest BCUT2D eigenvalue weighted by Crippen LogP contribution is 2.09. The quantitative estimate of drug-likeness (QED) is 0.687. The Morgan fingerprint density at radius 2 is 2.04 bits per heavy atom. The largest absolute Gasteiger partial charge is 0.459 e. The van der Waals surface area contributed by atoms with E-state index in [1.54, 1.807) is 10.6 Å². The molecule has 3 aromatic rings. The van der Waals surface area contributed by atoms with Crippen LogP contribution in [0.2, 0.25) is 0 Å². The summed E-state index contributed by atoms with van der Waals surface area (Å²) >= 11 is 0. The van der Waals surface area contributed by atoms with Crippen molar-refractivity contribution in [1.82, 2.24) is 14.7 Å². The van der Waals surface area contributed by atoms with Crippen LogP contribution < -0.4 is 5.32 Å². The molecule has 0 unspecified atom stereocenters. The van der Waals surface area contributed by atoms with Crippen LogP contribution in [-0.4, -0.2) is 27.8 Å². The number of amides is 1. The maximum atomic E-state index is 13.5. The van der Waals surface area contributed by atoms with Gasteiger partial charge in [-0.25, -0.2) is 13.8 Å². The molecule has 0 spiro atoms. The Morgan fingerprint density at radius 1 is 1.19 bits per heavy atom. The van der Waals surface area contributed by atoms with E-state index < -0.39 is 23.5 Å². The molecule has 6 nitrogen and oxygen atoms in total. The molecule has 0 bridgehead atoms. The number of carbonyl (C=O) groups is 2. The van der Waals surface area contributed by atoms with E-state index in [4.69, 9.17) is 4.74 Å². The molecule has 1 N–H and O–H groups in total. The number of carbonyl (C=O) groups excluding carboxylic acids is 2. The first-order chi connectivity index (χ1) is 12.5. The van der Waals surface area contributed by atoms with E-state index in [9.17, 15) is 18.4 Å². The van der Waals surface area contributed by atoms with Crippen molar-refractivity contribution in [2.75, 3.05) is 6.54 Å². The zero-order valence-corrected chi connectivity index (χ0v) is 13.6. The van der Waals surface area contributed by atoms with Gasteiger partial charge in [0.15, 0.2) is 0 Å². The lowest BCUT2D eigenvalue weighted by Crippen LogP contribution is -2.27. The average molecular weight is 359 g/mol. The van der Waals surface area contributed by atoms with Gasteiger partial charge in [-0.2, -0.15) is 0 Å². The fourth-order valence-electron chi connectivity index (χ4n) is 2.33. The van der Waals surface area contributed by atoms with E-state index in [1.807, 2.05) is 24.4 Å². The Labute approximate surface area is 147 Å². The highest BCUT2D eigenvalue weighted by molar-refractivity contribution is 5.94. The lowest BCUT2D eigenvalue weighted by atomic mass is 10.2. The number of rotatable bonds is 6. The molecule has 1 aromatic carbocycles. The van der Waals surface area contributed by atoms with Gasteiger partial charge in [-0.05, 0) is 24.3 Å². The van der Waals surface area contributed by atoms with Crippen molar-refractivity contribution in [2.24, 2.45) is 0 Å². The second-order valence-electron chi connectivity index (χ2n) is 5.49. The second kappa shape index (κ2) is 7.73. The van der Waals surface area contributed by atoms with Gasteiger partial charge < -0.3 is 14.5 Å². The van der Waals surface area contributed by atoms with Crippen LogP contribution >= 0.6 is 0 Å². The SMILES string of the molecule is O=C(CCNC(=O)c1ccc(F)cc1F)OCc1cn2ccccc2n1. The van der Waals surface area contributed by atoms with E-state index in [0.29, 0.717) is 11.8 Å². The first-order valence-electron chi connectivity index (χ1n) is 7.84. The second-order valence-corrected chi connectivity index (χ2v) is 5.49. The van der Waals surface area contributed by atoms with E-state index >= 15 is 0 Å². The summed E-state index contributed by atoms with van der Waals surface area (Å²) in [6, 6.07) is 8.19. The molecule has 0 aliphatic rings. The van der Waals surface area contributed by atoms with Crippen molar-refractivity contribution in [3.8, 4) is 0 Å². The number of imidazole rings is 1. The molecular weight excluding hydrogens is 344 g/mol. The van der Waals surface area contributed by atoms with Crippen LogP contribution in [0.5, 0.6) is 0 Å². The minimum Gasteiger partial charge on any atom is -0.459 e. The number of benzene rings is 1. The molecular formula is C18H15F2N3O3. The lowest BCUT2D eigenvalue weighted by Gasteiger charge is -2.06. The summed E-state index contributed by atoms with van der Waals surface area (Å²) in [5, 5.41) is 2.39. The summed E-state index contributed by atoms with van der Waals surface area (Å²) < 4.78 is 33.2. The van der Waals surface area contributed by atoms with E-state index in [-0.39, 0.29) is 25.1 Å². The summed E-state index contributed by atoms with van der Waals surface area (Å²) in [6.07, 6.45) is 3.50. The number of halogens is 2. The summed E-state index contributed by atoms with van der Waals surface area (Å²) in [5.41, 5.74) is 1.05. The standard InChI is InChI=1S/C18H15F2N3O3/c19-12-4-5-14(15(20)9-12)18(25)21-7-6-17(24)26-11-13-10-23-8-2-1-3-16(23)22-13/h1-5,8-10H,6-7,11H2,(H,21,25). The van der Waals surface area contributed by atoms with Crippen molar-refractivity contribution >= 4 is 17.5 Å². The third-order valence-electron chi connectivity index (χ3n) is 3.59. The Bertz CT molecular complexity index is 923. The van der Waals surface area contributed by atoms with Gasteiger partial charge in [-0.3, -0.25) is 9.59 Å². The molecule has 134 valence electrons. The van der Waals surface area contributed by atoms with Crippen molar-refractivity contribution in [2.45, 2.75) is 13.0 Å². The minimum atomic E-state index is -0.961. The summed E-state index contributed by atoms with van der Waals surface area (Å²) in [7, 11) is 0. The van der Waals surface area contributed by atoms with Crippen LogP contribution in [0, 0.1) is 11.6 Å². The van der Waals surface area contributed by atoms with E-state index in [0.717, 1.165) is 17.8 Å². The number of nitrogens with one attached hydrogen (secondary N) is 1. The van der Waals surface area contributed by atoms with Crippen LogP contribution in [0.3, 0.4) is 0 Å². The average Bonchev–Trinajstić information content (AvgIpc) is 3.03. The smallest absolute Gasteiger partial charge is 0.307 e. The zero-order chi connectivity index (χ0) is 18.5. The molecule has 2 aromatic heterocycles. The molecule has 26 heavy (non-hydrogen) atoms. The molecule has 0 aliphatic carbocycles. The molecule has 0 saturated carbocycles. The number of ether oxygens (including phenoxy) is 1. The fraction of sp³-hybridized carbons (Fsp3) is 0.167. The van der Waals surface area contributed by atoms with Crippen molar-refractivity contribution in [3.05, 3.63) is 71.7 Å². The van der Waals surface area contributed by atoms with Crippen LogP contribution in [0.15, 0.2) is 48.8 Å². The lowest BCUT2D eigenvalue weighted by molar-refractivity contribution is -0.144. The van der Waals surface area contributed by atoms with Crippen LogP contribution in [0.4, 0.5) is 8.78 Å². The molecule has 0 radical (unpaired) electrons. The van der Waals surface area contributed by atoms with Gasteiger partial charge >= 0.3 is 5.97 Å². The number of hydrogen-bond donors (Lipinski definition) is 1. The molecule has 0 saturated heterocycles. The first-order valence-corrected chi connectivity index (χ1v) is 7.84. The van der Waals surface area contributed by atoms with E-state index in [2.05, 4.69) is 10.3 Å². The first kappa shape index (κ1) is 17.5. The minimum absolute atomic E-state index is 0.0149. The Morgan fingerprint density at radius 3 is 2.81 bits per heavy atom. The topological polar surface area (TPSA) is 72.7 Å². The number of hydrogen-bond acceptors (Lipinski definition) is 4. The molecule has 2 heterocycles. The number of pyridine rings is 1. The van der Waals surface area contributed by atoms with Gasteiger partial charge in [0.05, 0.1) is 17.7 Å². The predicted molar refractivity (Wildman–Crippen MR) is 88.3 cm³/mol.